The van der Waals surface area contributed by atoms with Crippen LogP contribution in [0.2, 0.25) is 0 Å². The van der Waals surface area contributed by atoms with E-state index in [-0.39, 0.29) is 13.0 Å². The van der Waals surface area contributed by atoms with Crippen LogP contribution in [0.4, 0.5) is 0 Å². The van der Waals surface area contributed by atoms with Crippen molar-refractivity contribution in [2.24, 2.45) is 0 Å². The molecule has 1 N–H and O–H groups in total. The fourth-order valence-corrected chi connectivity index (χ4v) is 1.57. The predicted molar refractivity (Wildman–Crippen MR) is 60.2 cm³/mol. The van der Waals surface area contributed by atoms with Crippen LogP contribution in [0.15, 0.2) is 24.3 Å². The van der Waals surface area contributed by atoms with Crippen molar-refractivity contribution >= 4 is 5.97 Å². The Kier molecular flexibility index (Phi) is 3.13. The number of benzene rings is 1. The van der Waals surface area contributed by atoms with Gasteiger partial charge in [-0.2, -0.15) is 0 Å². The molecule has 88 valence electrons. The van der Waals surface area contributed by atoms with E-state index in [1.54, 1.807) is 0 Å². The molecule has 0 aliphatic carbocycles. The molecule has 0 fully saturated rings. The molecule has 0 saturated carbocycles. The minimum Gasteiger partial charge on any atom is -0.481 e. The maximum atomic E-state index is 10.5. The highest BCUT2D eigenvalue weighted by Crippen LogP contribution is 2.19. The van der Waals surface area contributed by atoms with Gasteiger partial charge in [0.25, 0.3) is 0 Å². The second kappa shape index (κ2) is 4.73. The first-order valence-electron chi connectivity index (χ1n) is 5.22. The molecular formula is C11H12N4O2. The highest BCUT2D eigenvalue weighted by Gasteiger charge is 2.11. The van der Waals surface area contributed by atoms with E-state index in [0.717, 1.165) is 11.1 Å². The average molecular weight is 232 g/mol. The first-order valence-corrected chi connectivity index (χ1v) is 5.22. The van der Waals surface area contributed by atoms with E-state index in [2.05, 4.69) is 15.5 Å². The van der Waals surface area contributed by atoms with Crippen LogP contribution in [0.5, 0.6) is 0 Å². The van der Waals surface area contributed by atoms with Crippen molar-refractivity contribution in [3.8, 4) is 11.4 Å². The van der Waals surface area contributed by atoms with Gasteiger partial charge < -0.3 is 5.11 Å². The molecule has 2 rings (SSSR count). The second-order valence-electron chi connectivity index (χ2n) is 3.68. The standard InChI is InChI=1S/C11H12N4O2/c1-8-4-2-3-5-9(8)11-12-13-14-15(11)7-6-10(16)17/h2-5H,6-7H2,1H3,(H,16,17). The SMILES string of the molecule is Cc1ccccc1-c1nnnn1CCC(=O)O. The van der Waals surface area contributed by atoms with Gasteiger partial charge in [-0.05, 0) is 22.9 Å². The molecule has 6 heteroatoms. The molecule has 6 nitrogen and oxygen atoms in total. The molecule has 2 aromatic rings. The number of hydrogen-bond donors (Lipinski definition) is 1. The largest absolute Gasteiger partial charge is 0.481 e. The summed E-state index contributed by atoms with van der Waals surface area (Å²) in [5.41, 5.74) is 1.97. The zero-order valence-electron chi connectivity index (χ0n) is 9.37. The lowest BCUT2D eigenvalue weighted by atomic mass is 10.1. The van der Waals surface area contributed by atoms with Crippen LogP contribution in [-0.2, 0) is 11.3 Å². The highest BCUT2D eigenvalue weighted by molar-refractivity contribution is 5.66. The summed E-state index contributed by atoms with van der Waals surface area (Å²) in [5, 5.41) is 20.0. The summed E-state index contributed by atoms with van der Waals surface area (Å²) in [7, 11) is 0. The van der Waals surface area contributed by atoms with Crippen LogP contribution in [0.3, 0.4) is 0 Å². The molecule has 0 aliphatic heterocycles. The number of tetrazole rings is 1. The molecule has 0 radical (unpaired) electrons. The van der Waals surface area contributed by atoms with E-state index in [1.165, 1.54) is 4.68 Å². The molecule has 0 bridgehead atoms. The van der Waals surface area contributed by atoms with E-state index in [4.69, 9.17) is 5.11 Å². The minimum absolute atomic E-state index is 0.00389. The number of carboxylic acids is 1. The third-order valence-corrected chi connectivity index (χ3v) is 2.46. The maximum Gasteiger partial charge on any atom is 0.305 e. The van der Waals surface area contributed by atoms with Gasteiger partial charge in [0.1, 0.15) is 0 Å². The van der Waals surface area contributed by atoms with Gasteiger partial charge in [-0.1, -0.05) is 24.3 Å². The number of hydrogen-bond acceptors (Lipinski definition) is 4. The lowest BCUT2D eigenvalue weighted by molar-refractivity contribution is -0.137. The number of aromatic nitrogens is 4. The topological polar surface area (TPSA) is 80.9 Å². The van der Waals surface area contributed by atoms with Crippen molar-refractivity contribution in [1.82, 2.24) is 20.2 Å². The first kappa shape index (κ1) is 11.3. The van der Waals surface area contributed by atoms with Crippen LogP contribution >= 0.6 is 0 Å². The molecule has 0 spiro atoms. The molecular weight excluding hydrogens is 220 g/mol. The van der Waals surface area contributed by atoms with Gasteiger partial charge in [0.2, 0.25) is 0 Å². The summed E-state index contributed by atoms with van der Waals surface area (Å²) < 4.78 is 1.51. The Morgan fingerprint density at radius 3 is 2.88 bits per heavy atom. The van der Waals surface area contributed by atoms with Gasteiger partial charge in [-0.25, -0.2) is 4.68 Å². The van der Waals surface area contributed by atoms with Crippen LogP contribution in [-0.4, -0.2) is 31.3 Å². The molecule has 1 aromatic carbocycles. The van der Waals surface area contributed by atoms with Gasteiger partial charge in [0.05, 0.1) is 13.0 Å². The Morgan fingerprint density at radius 2 is 2.18 bits per heavy atom. The quantitative estimate of drug-likeness (QED) is 0.854. The summed E-state index contributed by atoms with van der Waals surface area (Å²) >= 11 is 0. The molecule has 1 heterocycles. The van der Waals surface area contributed by atoms with Gasteiger partial charge in [0, 0.05) is 5.56 Å². The predicted octanol–water partition coefficient (Wildman–Crippen LogP) is 1.12. The second-order valence-corrected chi connectivity index (χ2v) is 3.68. The summed E-state index contributed by atoms with van der Waals surface area (Å²) in [6.45, 7) is 2.23. The molecule has 0 unspecified atom stereocenters. The molecule has 0 atom stereocenters. The first-order chi connectivity index (χ1) is 8.18. The zero-order valence-corrected chi connectivity index (χ0v) is 9.37. The van der Waals surface area contributed by atoms with Crippen LogP contribution in [0.1, 0.15) is 12.0 Å². The monoisotopic (exact) mass is 232 g/mol. The normalized spacial score (nSPS) is 10.4. The van der Waals surface area contributed by atoms with Crippen LogP contribution in [0, 0.1) is 6.92 Å². The number of aryl methyl sites for hydroxylation is 2. The molecule has 0 amide bonds. The maximum absolute atomic E-state index is 10.5. The lowest BCUT2D eigenvalue weighted by Gasteiger charge is -2.05. The number of carbonyl (C=O) groups is 1. The summed E-state index contributed by atoms with van der Waals surface area (Å²) in [5.74, 6) is -0.263. The Balaban J connectivity index is 2.31. The number of aliphatic carboxylic acids is 1. The molecule has 17 heavy (non-hydrogen) atoms. The van der Waals surface area contributed by atoms with Gasteiger partial charge in [-0.3, -0.25) is 4.79 Å². The van der Waals surface area contributed by atoms with Crippen molar-refractivity contribution in [3.05, 3.63) is 29.8 Å². The van der Waals surface area contributed by atoms with Crippen molar-refractivity contribution in [2.75, 3.05) is 0 Å². The fraction of sp³-hybridized carbons (Fsp3) is 0.273. The third-order valence-electron chi connectivity index (χ3n) is 2.46. The summed E-state index contributed by atoms with van der Waals surface area (Å²) in [4.78, 5) is 10.5. The number of carboxylic acid groups (broad SMARTS) is 1. The Hall–Kier alpha value is -2.24. The van der Waals surface area contributed by atoms with E-state index in [9.17, 15) is 4.79 Å². The zero-order chi connectivity index (χ0) is 12.3. The van der Waals surface area contributed by atoms with Crippen molar-refractivity contribution in [1.29, 1.82) is 0 Å². The van der Waals surface area contributed by atoms with E-state index in [0.29, 0.717) is 5.82 Å². The van der Waals surface area contributed by atoms with Gasteiger partial charge in [0.15, 0.2) is 5.82 Å². The van der Waals surface area contributed by atoms with Gasteiger partial charge in [-0.15, -0.1) is 5.10 Å². The number of rotatable bonds is 4. The van der Waals surface area contributed by atoms with E-state index >= 15 is 0 Å². The van der Waals surface area contributed by atoms with Crippen molar-refractivity contribution < 1.29 is 9.90 Å². The van der Waals surface area contributed by atoms with Crippen molar-refractivity contribution in [3.63, 3.8) is 0 Å². The van der Waals surface area contributed by atoms with Crippen LogP contribution < -0.4 is 0 Å². The Labute approximate surface area is 97.9 Å². The van der Waals surface area contributed by atoms with Gasteiger partial charge >= 0.3 is 5.97 Å². The molecule has 0 saturated heterocycles. The Bertz CT molecular complexity index is 536. The summed E-state index contributed by atoms with van der Waals surface area (Å²) in [6, 6.07) is 7.71. The average Bonchev–Trinajstić information content (AvgIpc) is 2.75. The number of nitrogens with zero attached hydrogens (tertiary/aromatic N) is 4. The minimum atomic E-state index is -0.865. The van der Waals surface area contributed by atoms with Crippen LogP contribution in [0.25, 0.3) is 11.4 Å². The molecule has 0 aliphatic rings. The van der Waals surface area contributed by atoms with E-state index in [1.807, 2.05) is 31.2 Å². The highest BCUT2D eigenvalue weighted by atomic mass is 16.4. The summed E-state index contributed by atoms with van der Waals surface area (Å²) in [6.07, 6.45) is 0.00389. The molecule has 1 aromatic heterocycles. The lowest BCUT2D eigenvalue weighted by Crippen LogP contribution is -2.08. The van der Waals surface area contributed by atoms with E-state index < -0.39 is 5.97 Å². The smallest absolute Gasteiger partial charge is 0.305 e. The third kappa shape index (κ3) is 2.47. The fourth-order valence-electron chi connectivity index (χ4n) is 1.57. The van der Waals surface area contributed by atoms with Crippen molar-refractivity contribution in [2.45, 2.75) is 19.9 Å². The Morgan fingerprint density at radius 1 is 1.41 bits per heavy atom.